The molecule has 0 radical (unpaired) electrons. The topological polar surface area (TPSA) is 32.8 Å². The molecule has 1 N–H and O–H groups in total. The highest BCUT2D eigenvalue weighted by atomic mass is 16.6. The Bertz CT molecular complexity index is 178. The van der Waals surface area contributed by atoms with Gasteiger partial charge >= 0.3 is 0 Å². The van der Waals surface area contributed by atoms with Gasteiger partial charge in [-0.15, -0.1) is 6.58 Å². The molecule has 1 saturated carbocycles. The van der Waals surface area contributed by atoms with Crippen molar-refractivity contribution in [2.45, 2.75) is 43.5 Å². The number of aliphatic hydroxyl groups is 1. The number of hydrogen-bond acceptors (Lipinski definition) is 2. The van der Waals surface area contributed by atoms with Gasteiger partial charge in [0.1, 0.15) is 11.7 Å². The Morgan fingerprint density at radius 1 is 1.73 bits per heavy atom. The summed E-state index contributed by atoms with van der Waals surface area (Å²) in [6.45, 7) is 3.69. The molecular formula is C9H14O2. The second kappa shape index (κ2) is 2.32. The van der Waals surface area contributed by atoms with Gasteiger partial charge in [0.15, 0.2) is 0 Å². The lowest BCUT2D eigenvalue weighted by atomic mass is 9.85. The van der Waals surface area contributed by atoms with Crippen molar-refractivity contribution in [2.75, 3.05) is 0 Å². The molecule has 0 bridgehead atoms. The third-order valence-corrected chi connectivity index (χ3v) is 2.76. The minimum atomic E-state index is -0.219. The highest BCUT2D eigenvalue weighted by molar-refractivity contribution is 5.11. The Hall–Kier alpha value is -0.340. The Balaban J connectivity index is 2.02. The zero-order valence-corrected chi connectivity index (χ0v) is 6.62. The smallest absolute Gasteiger partial charge is 0.113 e. The minimum Gasteiger partial charge on any atom is -0.390 e. The summed E-state index contributed by atoms with van der Waals surface area (Å²) in [5.41, 5.74) is -0.000579. The van der Waals surface area contributed by atoms with Crippen LogP contribution in [0.15, 0.2) is 12.7 Å². The molecule has 62 valence electrons. The Morgan fingerprint density at radius 2 is 2.55 bits per heavy atom. The lowest BCUT2D eigenvalue weighted by Gasteiger charge is -2.18. The van der Waals surface area contributed by atoms with E-state index in [1.165, 1.54) is 0 Å². The number of hydrogen-bond donors (Lipinski definition) is 1. The maximum Gasteiger partial charge on any atom is 0.113 e. The average molecular weight is 154 g/mol. The standard InChI is InChI=1S/C9H14O2/c1-2-5-9-6-3-4-7(10)8(9)11-9/h2,7-8,10H,1,3-6H2. The molecule has 2 nitrogen and oxygen atoms in total. The third-order valence-electron chi connectivity index (χ3n) is 2.76. The summed E-state index contributed by atoms with van der Waals surface area (Å²) in [5, 5.41) is 9.45. The van der Waals surface area contributed by atoms with Crippen molar-refractivity contribution in [3.8, 4) is 0 Å². The fourth-order valence-electron chi connectivity index (χ4n) is 2.12. The summed E-state index contributed by atoms with van der Waals surface area (Å²) in [5.74, 6) is 0. The summed E-state index contributed by atoms with van der Waals surface area (Å²) in [7, 11) is 0. The number of rotatable bonds is 2. The van der Waals surface area contributed by atoms with E-state index in [4.69, 9.17) is 4.74 Å². The SMILES string of the molecule is C=CCC12CCCC(O)C1O2. The molecule has 0 aromatic rings. The van der Waals surface area contributed by atoms with Crippen LogP contribution in [0.2, 0.25) is 0 Å². The first-order valence-electron chi connectivity index (χ1n) is 4.25. The molecular weight excluding hydrogens is 140 g/mol. The first-order chi connectivity index (χ1) is 5.28. The number of aliphatic hydroxyl groups excluding tert-OH is 1. The molecule has 2 heteroatoms. The van der Waals surface area contributed by atoms with Gasteiger partial charge in [-0.3, -0.25) is 0 Å². The number of fused-ring (bicyclic) bond motifs is 1. The molecule has 1 aliphatic heterocycles. The largest absolute Gasteiger partial charge is 0.390 e. The molecule has 1 saturated heterocycles. The van der Waals surface area contributed by atoms with E-state index < -0.39 is 0 Å². The first-order valence-corrected chi connectivity index (χ1v) is 4.25. The molecule has 0 spiro atoms. The van der Waals surface area contributed by atoms with Crippen molar-refractivity contribution in [1.29, 1.82) is 0 Å². The summed E-state index contributed by atoms with van der Waals surface area (Å²) in [6, 6.07) is 0. The highest BCUT2D eigenvalue weighted by Crippen LogP contribution is 2.50. The Morgan fingerprint density at radius 3 is 3.27 bits per heavy atom. The molecule has 2 fully saturated rings. The molecule has 2 aliphatic rings. The van der Waals surface area contributed by atoms with Crippen molar-refractivity contribution in [3.63, 3.8) is 0 Å². The lowest BCUT2D eigenvalue weighted by molar-refractivity contribution is 0.122. The van der Waals surface area contributed by atoms with E-state index in [1.807, 2.05) is 6.08 Å². The van der Waals surface area contributed by atoms with Crippen LogP contribution in [-0.4, -0.2) is 22.9 Å². The number of ether oxygens (including phenoxy) is 1. The van der Waals surface area contributed by atoms with Crippen LogP contribution in [0.25, 0.3) is 0 Å². The lowest BCUT2D eigenvalue weighted by Crippen LogP contribution is -2.29. The first kappa shape index (κ1) is 7.32. The molecule has 1 heterocycles. The van der Waals surface area contributed by atoms with Crippen LogP contribution in [0.4, 0.5) is 0 Å². The molecule has 1 aliphatic carbocycles. The second-order valence-corrected chi connectivity index (χ2v) is 3.56. The van der Waals surface area contributed by atoms with Gasteiger partial charge in [0.25, 0.3) is 0 Å². The summed E-state index contributed by atoms with van der Waals surface area (Å²) < 4.78 is 5.50. The highest BCUT2D eigenvalue weighted by Gasteiger charge is 2.60. The van der Waals surface area contributed by atoms with E-state index in [0.29, 0.717) is 0 Å². The normalized spacial score (nSPS) is 48.1. The molecule has 0 aromatic heterocycles. The van der Waals surface area contributed by atoms with E-state index >= 15 is 0 Å². The molecule has 2 rings (SSSR count). The van der Waals surface area contributed by atoms with E-state index in [9.17, 15) is 5.11 Å². The molecule has 3 atom stereocenters. The van der Waals surface area contributed by atoms with Crippen LogP contribution in [0.5, 0.6) is 0 Å². The summed E-state index contributed by atoms with van der Waals surface area (Å²) in [6.07, 6.45) is 5.78. The minimum absolute atomic E-state index is 0.000579. The zero-order chi connectivity index (χ0) is 7.90. The predicted octanol–water partition coefficient (Wildman–Crippen LogP) is 1.24. The van der Waals surface area contributed by atoms with Crippen LogP contribution in [0.3, 0.4) is 0 Å². The van der Waals surface area contributed by atoms with Crippen LogP contribution < -0.4 is 0 Å². The summed E-state index contributed by atoms with van der Waals surface area (Å²) in [4.78, 5) is 0. The maximum atomic E-state index is 9.45. The maximum absolute atomic E-state index is 9.45. The van der Waals surface area contributed by atoms with Gasteiger partial charge in [0.2, 0.25) is 0 Å². The molecule has 0 amide bonds. The summed E-state index contributed by atoms with van der Waals surface area (Å²) >= 11 is 0. The van der Waals surface area contributed by atoms with Gasteiger partial charge < -0.3 is 9.84 Å². The molecule has 3 unspecified atom stereocenters. The van der Waals surface area contributed by atoms with Gasteiger partial charge in [-0.25, -0.2) is 0 Å². The predicted molar refractivity (Wildman–Crippen MR) is 42.3 cm³/mol. The Kier molecular flexibility index (Phi) is 1.55. The van der Waals surface area contributed by atoms with Gasteiger partial charge in [-0.05, 0) is 25.7 Å². The van der Waals surface area contributed by atoms with Crippen molar-refractivity contribution >= 4 is 0 Å². The van der Waals surface area contributed by atoms with Crippen molar-refractivity contribution < 1.29 is 9.84 Å². The van der Waals surface area contributed by atoms with Crippen molar-refractivity contribution in [1.82, 2.24) is 0 Å². The van der Waals surface area contributed by atoms with Crippen molar-refractivity contribution in [2.24, 2.45) is 0 Å². The van der Waals surface area contributed by atoms with E-state index in [1.54, 1.807) is 0 Å². The van der Waals surface area contributed by atoms with Gasteiger partial charge in [-0.2, -0.15) is 0 Å². The number of epoxide rings is 1. The average Bonchev–Trinajstić information content (AvgIpc) is 2.65. The van der Waals surface area contributed by atoms with Gasteiger partial charge in [-0.1, -0.05) is 6.08 Å². The third kappa shape index (κ3) is 1.01. The van der Waals surface area contributed by atoms with E-state index in [-0.39, 0.29) is 17.8 Å². The zero-order valence-electron chi connectivity index (χ0n) is 6.62. The van der Waals surface area contributed by atoms with Gasteiger partial charge in [0.05, 0.1) is 6.10 Å². The van der Waals surface area contributed by atoms with E-state index in [0.717, 1.165) is 25.7 Å². The van der Waals surface area contributed by atoms with Gasteiger partial charge in [0, 0.05) is 0 Å². The quantitative estimate of drug-likeness (QED) is 0.479. The van der Waals surface area contributed by atoms with Crippen LogP contribution in [-0.2, 0) is 4.74 Å². The molecule has 0 aromatic carbocycles. The van der Waals surface area contributed by atoms with Crippen LogP contribution in [0, 0.1) is 0 Å². The van der Waals surface area contributed by atoms with Crippen LogP contribution in [0.1, 0.15) is 25.7 Å². The van der Waals surface area contributed by atoms with Crippen LogP contribution >= 0.6 is 0 Å². The monoisotopic (exact) mass is 154 g/mol. The van der Waals surface area contributed by atoms with E-state index in [2.05, 4.69) is 6.58 Å². The van der Waals surface area contributed by atoms with Crippen molar-refractivity contribution in [3.05, 3.63) is 12.7 Å². The second-order valence-electron chi connectivity index (χ2n) is 3.56. The fraction of sp³-hybridized carbons (Fsp3) is 0.778. The fourth-order valence-corrected chi connectivity index (χ4v) is 2.12. The molecule has 11 heavy (non-hydrogen) atoms. The Labute approximate surface area is 66.9 Å².